The third-order valence-corrected chi connectivity index (χ3v) is 2.37. The lowest BCUT2D eigenvalue weighted by molar-refractivity contribution is -0.119. The van der Waals surface area contributed by atoms with E-state index in [1.165, 1.54) is 11.9 Å². The van der Waals surface area contributed by atoms with Crippen LogP contribution in [0, 0.1) is 11.6 Å². The fourth-order valence-electron chi connectivity index (χ4n) is 1.56. The van der Waals surface area contributed by atoms with Gasteiger partial charge in [0.15, 0.2) is 23.3 Å². The molecule has 0 fully saturated rings. The van der Waals surface area contributed by atoms with Gasteiger partial charge >= 0.3 is 0 Å². The molecule has 0 saturated heterocycles. The smallest absolute Gasteiger partial charge is 0.239 e. The van der Waals surface area contributed by atoms with Gasteiger partial charge in [-0.3, -0.25) is 4.79 Å². The number of halogens is 2. The lowest BCUT2D eigenvalue weighted by atomic mass is 10.3. The number of hydrogen-bond donors (Lipinski definition) is 2. The summed E-state index contributed by atoms with van der Waals surface area (Å²) in [4.78, 5) is 16.6. The van der Waals surface area contributed by atoms with E-state index in [1.807, 2.05) is 0 Å². The van der Waals surface area contributed by atoms with Gasteiger partial charge < -0.3 is 15.5 Å². The number of aromatic nitrogens is 1. The van der Waals surface area contributed by atoms with E-state index in [9.17, 15) is 13.6 Å². The molecule has 19 heavy (non-hydrogen) atoms. The summed E-state index contributed by atoms with van der Waals surface area (Å²) in [5.41, 5.74) is 0. The van der Waals surface area contributed by atoms with Gasteiger partial charge in [-0.2, -0.15) is 0 Å². The molecule has 0 aliphatic carbocycles. The monoisotopic (exact) mass is 272 g/mol. The lowest BCUT2D eigenvalue weighted by Gasteiger charge is -2.19. The van der Waals surface area contributed by atoms with Crippen LogP contribution in [0.2, 0.25) is 0 Å². The van der Waals surface area contributed by atoms with Crippen molar-refractivity contribution in [2.45, 2.75) is 13.8 Å². The molecule has 5 nitrogen and oxygen atoms in total. The second kappa shape index (κ2) is 6.86. The van der Waals surface area contributed by atoms with E-state index in [0.717, 1.165) is 6.07 Å². The summed E-state index contributed by atoms with van der Waals surface area (Å²) in [5, 5.41) is 5.29. The predicted octanol–water partition coefficient (Wildman–Crippen LogP) is 1.36. The second-order valence-electron chi connectivity index (χ2n) is 3.96. The molecule has 1 heterocycles. The summed E-state index contributed by atoms with van der Waals surface area (Å²) in [5.74, 6) is -1.90. The average molecular weight is 272 g/mol. The van der Waals surface area contributed by atoms with E-state index in [1.54, 1.807) is 13.8 Å². The molecule has 1 aromatic heterocycles. The molecule has 0 aromatic carbocycles. The molecule has 106 valence electrons. The Hall–Kier alpha value is -1.92. The maximum atomic E-state index is 13.7. The van der Waals surface area contributed by atoms with Crippen molar-refractivity contribution in [2.24, 2.45) is 0 Å². The Labute approximate surface area is 111 Å². The van der Waals surface area contributed by atoms with Crippen molar-refractivity contribution in [3.8, 4) is 0 Å². The van der Waals surface area contributed by atoms with Crippen molar-refractivity contribution in [3.05, 3.63) is 17.7 Å². The maximum Gasteiger partial charge on any atom is 0.239 e. The van der Waals surface area contributed by atoms with Crippen LogP contribution in [0.3, 0.4) is 0 Å². The quantitative estimate of drug-likeness (QED) is 0.821. The Balaban J connectivity index is 2.92. The van der Waals surface area contributed by atoms with Crippen LogP contribution in [0.25, 0.3) is 0 Å². The average Bonchev–Trinajstić information content (AvgIpc) is 2.32. The summed E-state index contributed by atoms with van der Waals surface area (Å²) in [7, 11) is 1.52. The number of nitrogens with one attached hydrogen (secondary N) is 2. The predicted molar refractivity (Wildman–Crippen MR) is 70.3 cm³/mol. The van der Waals surface area contributed by atoms with Crippen LogP contribution < -0.4 is 15.5 Å². The van der Waals surface area contributed by atoms with Gasteiger partial charge in [-0.25, -0.2) is 13.8 Å². The minimum Gasteiger partial charge on any atom is -0.368 e. The Bertz CT molecular complexity index is 454. The van der Waals surface area contributed by atoms with Gasteiger partial charge in [0.25, 0.3) is 0 Å². The number of likely N-dealkylation sites (N-methyl/N-ethyl adjacent to an activating group) is 2. The number of carbonyl (C=O) groups excluding carboxylic acids is 1. The molecule has 7 heteroatoms. The van der Waals surface area contributed by atoms with Crippen molar-refractivity contribution in [3.63, 3.8) is 0 Å². The first-order chi connectivity index (χ1) is 8.99. The van der Waals surface area contributed by atoms with Crippen molar-refractivity contribution >= 4 is 17.5 Å². The number of nitrogens with zero attached hydrogens (tertiary/aromatic N) is 2. The number of carbonyl (C=O) groups is 1. The van der Waals surface area contributed by atoms with Gasteiger partial charge in [-0.05, 0) is 13.8 Å². The first kappa shape index (κ1) is 15.1. The van der Waals surface area contributed by atoms with E-state index < -0.39 is 11.6 Å². The van der Waals surface area contributed by atoms with Crippen LogP contribution in [-0.2, 0) is 4.79 Å². The molecular weight excluding hydrogens is 254 g/mol. The third-order valence-electron chi connectivity index (χ3n) is 2.37. The minimum atomic E-state index is -0.800. The van der Waals surface area contributed by atoms with Gasteiger partial charge in [-0.1, -0.05) is 0 Å². The van der Waals surface area contributed by atoms with Crippen LogP contribution in [0.15, 0.2) is 6.07 Å². The highest BCUT2D eigenvalue weighted by molar-refractivity contribution is 5.80. The lowest BCUT2D eigenvalue weighted by Crippen LogP contribution is -2.35. The normalized spacial score (nSPS) is 10.2. The van der Waals surface area contributed by atoms with Crippen molar-refractivity contribution < 1.29 is 13.6 Å². The Morgan fingerprint density at radius 1 is 1.32 bits per heavy atom. The van der Waals surface area contributed by atoms with Crippen LogP contribution in [0.1, 0.15) is 13.8 Å². The van der Waals surface area contributed by atoms with Gasteiger partial charge in [0.05, 0.1) is 6.54 Å². The zero-order valence-electron chi connectivity index (χ0n) is 11.3. The van der Waals surface area contributed by atoms with Gasteiger partial charge in [-0.15, -0.1) is 0 Å². The second-order valence-corrected chi connectivity index (χ2v) is 3.96. The Kier molecular flexibility index (Phi) is 5.47. The summed E-state index contributed by atoms with van der Waals surface area (Å²) < 4.78 is 27.1. The maximum absolute atomic E-state index is 13.7. The summed E-state index contributed by atoms with van der Waals surface area (Å²) in [6.45, 7) is 4.49. The van der Waals surface area contributed by atoms with Crippen molar-refractivity contribution in [2.75, 3.05) is 36.9 Å². The zero-order chi connectivity index (χ0) is 14.4. The van der Waals surface area contributed by atoms with Gasteiger partial charge in [0, 0.05) is 26.2 Å². The summed E-state index contributed by atoms with van der Waals surface area (Å²) >= 11 is 0. The number of rotatable bonds is 6. The largest absolute Gasteiger partial charge is 0.368 e. The molecule has 0 bridgehead atoms. The molecular formula is C12H18F2N4O. The highest BCUT2D eigenvalue weighted by atomic mass is 19.1. The number of hydrogen-bond acceptors (Lipinski definition) is 4. The molecule has 0 unspecified atom stereocenters. The number of amides is 1. The van der Waals surface area contributed by atoms with E-state index in [0.29, 0.717) is 13.1 Å². The molecule has 1 rings (SSSR count). The van der Waals surface area contributed by atoms with Gasteiger partial charge in [0.1, 0.15) is 0 Å². The molecule has 0 spiro atoms. The SMILES string of the molecule is CCNC(=O)CN(C)c1nc(NCC)c(F)cc1F. The summed E-state index contributed by atoms with van der Waals surface area (Å²) in [6, 6.07) is 0.758. The topological polar surface area (TPSA) is 57.3 Å². The Morgan fingerprint density at radius 3 is 2.58 bits per heavy atom. The van der Waals surface area contributed by atoms with Crippen LogP contribution in [0.4, 0.5) is 20.4 Å². The van der Waals surface area contributed by atoms with Crippen molar-refractivity contribution in [1.29, 1.82) is 0 Å². The molecule has 0 saturated carbocycles. The van der Waals surface area contributed by atoms with E-state index in [2.05, 4.69) is 15.6 Å². The highest BCUT2D eigenvalue weighted by Crippen LogP contribution is 2.21. The van der Waals surface area contributed by atoms with Crippen LogP contribution in [0.5, 0.6) is 0 Å². The van der Waals surface area contributed by atoms with Crippen LogP contribution in [-0.4, -0.2) is 37.6 Å². The third kappa shape index (κ3) is 4.04. The molecule has 0 aliphatic heterocycles. The first-order valence-corrected chi connectivity index (χ1v) is 6.07. The molecule has 1 aromatic rings. The molecule has 1 amide bonds. The standard InChI is InChI=1S/C12H18F2N4O/c1-4-15-10(19)7-18(3)12-9(14)6-8(13)11(17-12)16-5-2/h6H,4-5,7H2,1-3H3,(H,15,19)(H,16,17). The minimum absolute atomic E-state index is 0.0263. The summed E-state index contributed by atoms with van der Waals surface area (Å²) in [6.07, 6.45) is 0. The Morgan fingerprint density at radius 2 is 2.00 bits per heavy atom. The zero-order valence-corrected chi connectivity index (χ0v) is 11.3. The van der Waals surface area contributed by atoms with Gasteiger partial charge in [0.2, 0.25) is 5.91 Å². The molecule has 0 aliphatic rings. The fraction of sp³-hybridized carbons (Fsp3) is 0.500. The number of pyridine rings is 1. The van der Waals surface area contributed by atoms with E-state index >= 15 is 0 Å². The molecule has 0 radical (unpaired) electrons. The first-order valence-electron chi connectivity index (χ1n) is 6.07. The van der Waals surface area contributed by atoms with Crippen LogP contribution >= 0.6 is 0 Å². The highest BCUT2D eigenvalue weighted by Gasteiger charge is 2.16. The van der Waals surface area contributed by atoms with Crippen molar-refractivity contribution in [1.82, 2.24) is 10.3 Å². The fourth-order valence-corrected chi connectivity index (χ4v) is 1.56. The molecule has 0 atom stereocenters. The number of anilines is 2. The van der Waals surface area contributed by atoms with E-state index in [4.69, 9.17) is 0 Å². The van der Waals surface area contributed by atoms with E-state index in [-0.39, 0.29) is 24.1 Å². The molecule has 2 N–H and O–H groups in total.